The summed E-state index contributed by atoms with van der Waals surface area (Å²) in [5, 5.41) is 3.58. The van der Waals surface area contributed by atoms with E-state index in [1.807, 2.05) is 18.5 Å². The molecule has 16 heavy (non-hydrogen) atoms. The largest absolute Gasteiger partial charge is 0.311 e. The molecule has 1 fully saturated rings. The van der Waals surface area contributed by atoms with Gasteiger partial charge in [-0.2, -0.15) is 0 Å². The SMILES string of the molecule is CC(C)N1CCNC(Cc2cccnc2)C1. The van der Waals surface area contributed by atoms with E-state index in [-0.39, 0.29) is 0 Å². The predicted octanol–water partition coefficient (Wildman–Crippen LogP) is 1.31. The Morgan fingerprint density at radius 2 is 2.44 bits per heavy atom. The van der Waals surface area contributed by atoms with Gasteiger partial charge in [0.25, 0.3) is 0 Å². The number of pyridine rings is 1. The highest BCUT2D eigenvalue weighted by Gasteiger charge is 2.20. The van der Waals surface area contributed by atoms with Crippen molar-refractivity contribution in [1.29, 1.82) is 0 Å². The molecule has 1 aliphatic rings. The van der Waals surface area contributed by atoms with Crippen LogP contribution < -0.4 is 5.32 Å². The normalized spacial score (nSPS) is 22.6. The molecule has 3 heteroatoms. The molecule has 0 aromatic carbocycles. The molecule has 0 spiro atoms. The summed E-state index contributed by atoms with van der Waals surface area (Å²) >= 11 is 0. The zero-order valence-electron chi connectivity index (χ0n) is 10.2. The van der Waals surface area contributed by atoms with Gasteiger partial charge in [-0.15, -0.1) is 0 Å². The maximum Gasteiger partial charge on any atom is 0.0300 e. The highest BCUT2D eigenvalue weighted by Crippen LogP contribution is 2.08. The molecule has 0 aliphatic carbocycles. The van der Waals surface area contributed by atoms with E-state index in [1.165, 1.54) is 12.1 Å². The Hall–Kier alpha value is -0.930. The summed E-state index contributed by atoms with van der Waals surface area (Å²) in [5.41, 5.74) is 1.32. The van der Waals surface area contributed by atoms with Gasteiger partial charge in [-0.3, -0.25) is 9.88 Å². The Kier molecular flexibility index (Phi) is 3.91. The predicted molar refractivity (Wildman–Crippen MR) is 66.4 cm³/mol. The first kappa shape index (κ1) is 11.6. The van der Waals surface area contributed by atoms with Crippen molar-refractivity contribution in [3.8, 4) is 0 Å². The van der Waals surface area contributed by atoms with Crippen molar-refractivity contribution in [2.24, 2.45) is 0 Å². The van der Waals surface area contributed by atoms with Crippen LogP contribution in [0.1, 0.15) is 19.4 Å². The summed E-state index contributed by atoms with van der Waals surface area (Å²) in [7, 11) is 0. The molecule has 0 bridgehead atoms. The molecule has 3 nitrogen and oxygen atoms in total. The van der Waals surface area contributed by atoms with Crippen molar-refractivity contribution in [3.63, 3.8) is 0 Å². The van der Waals surface area contributed by atoms with Gasteiger partial charge in [0.15, 0.2) is 0 Å². The smallest absolute Gasteiger partial charge is 0.0300 e. The average molecular weight is 219 g/mol. The molecule has 1 unspecified atom stereocenters. The van der Waals surface area contributed by atoms with Crippen molar-refractivity contribution in [2.45, 2.75) is 32.4 Å². The summed E-state index contributed by atoms with van der Waals surface area (Å²) in [6, 6.07) is 5.39. The molecule has 2 heterocycles. The third kappa shape index (κ3) is 3.03. The first-order chi connectivity index (χ1) is 7.75. The molecule has 1 aromatic rings. The van der Waals surface area contributed by atoms with Crippen molar-refractivity contribution in [2.75, 3.05) is 19.6 Å². The van der Waals surface area contributed by atoms with Crippen LogP contribution in [0.15, 0.2) is 24.5 Å². The Morgan fingerprint density at radius 1 is 1.56 bits per heavy atom. The van der Waals surface area contributed by atoms with E-state index in [0.717, 1.165) is 19.5 Å². The van der Waals surface area contributed by atoms with E-state index in [4.69, 9.17) is 0 Å². The molecular formula is C13H21N3. The molecule has 1 aromatic heterocycles. The highest BCUT2D eigenvalue weighted by molar-refractivity contribution is 5.10. The summed E-state index contributed by atoms with van der Waals surface area (Å²) in [5.74, 6) is 0. The Labute approximate surface area is 97.9 Å². The van der Waals surface area contributed by atoms with Crippen molar-refractivity contribution in [3.05, 3.63) is 30.1 Å². The monoisotopic (exact) mass is 219 g/mol. The van der Waals surface area contributed by atoms with Crippen molar-refractivity contribution >= 4 is 0 Å². The lowest BCUT2D eigenvalue weighted by Crippen LogP contribution is -2.53. The van der Waals surface area contributed by atoms with Gasteiger partial charge in [-0.25, -0.2) is 0 Å². The molecule has 1 atom stereocenters. The number of nitrogens with one attached hydrogen (secondary N) is 1. The quantitative estimate of drug-likeness (QED) is 0.830. The minimum Gasteiger partial charge on any atom is -0.311 e. The van der Waals surface area contributed by atoms with Gasteiger partial charge in [0, 0.05) is 44.1 Å². The van der Waals surface area contributed by atoms with E-state index >= 15 is 0 Å². The van der Waals surface area contributed by atoms with Gasteiger partial charge in [0.05, 0.1) is 0 Å². The van der Waals surface area contributed by atoms with Gasteiger partial charge in [0.2, 0.25) is 0 Å². The van der Waals surface area contributed by atoms with Crippen LogP contribution in [-0.2, 0) is 6.42 Å². The number of nitrogens with zero attached hydrogens (tertiary/aromatic N) is 2. The molecule has 2 rings (SSSR count). The minimum atomic E-state index is 0.570. The standard InChI is InChI=1S/C13H21N3/c1-11(2)16-7-6-15-13(10-16)8-12-4-3-5-14-9-12/h3-5,9,11,13,15H,6-8,10H2,1-2H3. The topological polar surface area (TPSA) is 28.2 Å². The van der Waals surface area contributed by atoms with Crippen LogP contribution in [0.4, 0.5) is 0 Å². The minimum absolute atomic E-state index is 0.570. The summed E-state index contributed by atoms with van der Waals surface area (Å²) in [4.78, 5) is 6.70. The summed E-state index contributed by atoms with van der Waals surface area (Å²) in [6.45, 7) is 7.95. The van der Waals surface area contributed by atoms with Crippen LogP contribution in [0, 0.1) is 0 Å². The van der Waals surface area contributed by atoms with E-state index in [2.05, 4.69) is 35.1 Å². The van der Waals surface area contributed by atoms with Crippen molar-refractivity contribution in [1.82, 2.24) is 15.2 Å². The van der Waals surface area contributed by atoms with Crippen LogP contribution in [0.2, 0.25) is 0 Å². The maximum atomic E-state index is 4.16. The van der Waals surface area contributed by atoms with Gasteiger partial charge in [-0.05, 0) is 31.9 Å². The second kappa shape index (κ2) is 5.41. The van der Waals surface area contributed by atoms with Crippen LogP contribution in [0.25, 0.3) is 0 Å². The summed E-state index contributed by atoms with van der Waals surface area (Å²) < 4.78 is 0. The fourth-order valence-corrected chi connectivity index (χ4v) is 2.26. The van der Waals surface area contributed by atoms with E-state index in [9.17, 15) is 0 Å². The maximum absolute atomic E-state index is 4.16. The van der Waals surface area contributed by atoms with Crippen molar-refractivity contribution < 1.29 is 0 Å². The second-order valence-electron chi connectivity index (χ2n) is 4.81. The molecule has 1 N–H and O–H groups in total. The molecule has 88 valence electrons. The lowest BCUT2D eigenvalue weighted by atomic mass is 10.0. The zero-order chi connectivity index (χ0) is 11.4. The number of hydrogen-bond donors (Lipinski definition) is 1. The number of piperazine rings is 1. The van der Waals surface area contributed by atoms with Crippen LogP contribution in [0.5, 0.6) is 0 Å². The lowest BCUT2D eigenvalue weighted by Gasteiger charge is -2.36. The molecule has 1 saturated heterocycles. The van der Waals surface area contributed by atoms with E-state index in [0.29, 0.717) is 12.1 Å². The van der Waals surface area contributed by atoms with Gasteiger partial charge in [0.1, 0.15) is 0 Å². The highest BCUT2D eigenvalue weighted by atomic mass is 15.2. The first-order valence-electron chi connectivity index (χ1n) is 6.12. The molecule has 0 radical (unpaired) electrons. The number of hydrogen-bond acceptors (Lipinski definition) is 3. The number of aromatic nitrogens is 1. The first-order valence-corrected chi connectivity index (χ1v) is 6.12. The lowest BCUT2D eigenvalue weighted by molar-refractivity contribution is 0.161. The van der Waals surface area contributed by atoms with E-state index < -0.39 is 0 Å². The second-order valence-corrected chi connectivity index (χ2v) is 4.81. The van der Waals surface area contributed by atoms with Crippen LogP contribution in [0.3, 0.4) is 0 Å². The fraction of sp³-hybridized carbons (Fsp3) is 0.615. The van der Waals surface area contributed by atoms with Gasteiger partial charge < -0.3 is 5.32 Å². The Balaban J connectivity index is 1.90. The molecule has 1 aliphatic heterocycles. The van der Waals surface area contributed by atoms with Crippen LogP contribution >= 0.6 is 0 Å². The third-order valence-corrected chi connectivity index (χ3v) is 3.22. The molecule has 0 amide bonds. The van der Waals surface area contributed by atoms with E-state index in [1.54, 1.807) is 0 Å². The Bertz CT molecular complexity index is 310. The zero-order valence-corrected chi connectivity index (χ0v) is 10.2. The summed E-state index contributed by atoms with van der Waals surface area (Å²) in [6.07, 6.45) is 4.88. The van der Waals surface area contributed by atoms with Gasteiger partial charge in [-0.1, -0.05) is 6.07 Å². The van der Waals surface area contributed by atoms with Gasteiger partial charge >= 0.3 is 0 Å². The molecular weight excluding hydrogens is 198 g/mol. The average Bonchev–Trinajstić information content (AvgIpc) is 2.30. The fourth-order valence-electron chi connectivity index (χ4n) is 2.26. The third-order valence-electron chi connectivity index (χ3n) is 3.22. The molecule has 0 saturated carbocycles. The Morgan fingerprint density at radius 3 is 3.12 bits per heavy atom. The number of rotatable bonds is 3. The van der Waals surface area contributed by atoms with Crippen LogP contribution in [-0.4, -0.2) is 41.6 Å².